The van der Waals surface area contributed by atoms with Crippen LogP contribution in [0.4, 0.5) is 0 Å². The first kappa shape index (κ1) is 114. The first-order chi connectivity index (χ1) is 61.5. The zero-order valence-electron chi connectivity index (χ0n) is 77.5. The summed E-state index contributed by atoms with van der Waals surface area (Å²) >= 11 is 9.90. The Morgan fingerprint density at radius 1 is 0.421 bits per heavy atom. The molecule has 0 aliphatic carbocycles. The summed E-state index contributed by atoms with van der Waals surface area (Å²) < 4.78 is 45.4. The number of aliphatic hydroxyl groups excluding tert-OH is 12. The third-order valence-electron chi connectivity index (χ3n) is 22.3. The Bertz CT molecular complexity index is 6040. The third kappa shape index (κ3) is 32.0. The number of H-pyrrole nitrogens is 7. The Hall–Kier alpha value is -6.48. The van der Waals surface area contributed by atoms with Crippen LogP contribution in [-0.4, -0.2) is 391 Å². The monoisotopic (exact) mass is 2020 g/mol. The molecule has 0 aromatic carbocycles. The molecular formula is C84H134N12O29P6S2. The van der Waals surface area contributed by atoms with Gasteiger partial charge in [0.25, 0.3) is 27.8 Å². The highest BCUT2D eigenvalue weighted by atomic mass is 32.1. The van der Waals surface area contributed by atoms with E-state index in [-0.39, 0.29) is 26.1 Å². The second-order valence-electron chi connectivity index (χ2n) is 37.8. The zero-order valence-corrected chi connectivity index (χ0v) is 84.5. The van der Waals surface area contributed by atoms with Gasteiger partial charge in [-0.2, -0.15) is 0 Å². The summed E-state index contributed by atoms with van der Waals surface area (Å²) in [6.45, 7) is 18.6. The predicted molar refractivity (Wildman–Crippen MR) is 533 cm³/mol. The van der Waals surface area contributed by atoms with Gasteiger partial charge in [-0.1, -0.05) is 18.1 Å². The van der Waals surface area contributed by atoms with Gasteiger partial charge in [0, 0.05) is 69.0 Å². The molecule has 6 saturated heterocycles. The number of hydrogen-bond donors (Lipinski definition) is 19. The van der Waals surface area contributed by atoms with Crippen molar-refractivity contribution in [2.45, 2.75) is 199 Å². The van der Waals surface area contributed by atoms with Crippen molar-refractivity contribution in [2.75, 3.05) is 124 Å². The van der Waals surface area contributed by atoms with Crippen molar-refractivity contribution >= 4 is 104 Å². The van der Waals surface area contributed by atoms with E-state index in [0.29, 0.717) is 44.1 Å². The van der Waals surface area contributed by atoms with Crippen molar-refractivity contribution in [2.24, 2.45) is 7.05 Å². The fourth-order valence-corrected chi connectivity index (χ4v) is 20.9. The summed E-state index contributed by atoms with van der Waals surface area (Å²) in [7, 11) is 2.81. The first-order valence-electron chi connectivity index (χ1n) is 42.5. The van der Waals surface area contributed by atoms with Crippen LogP contribution in [0.15, 0.2) is 97.3 Å². The fourth-order valence-electron chi connectivity index (χ4n) is 14.8. The largest absolute Gasteiger partial charge is 0.391 e. The molecule has 0 bridgehead atoms. The lowest BCUT2D eigenvalue weighted by molar-refractivity contribution is -0.0541. The molecule has 6 aliphatic heterocycles. The SMILES string of the molecule is C=P(C)(C)CC[C@H]1O[C@@H](c2c[nH]c(=O)[nH]c2=S)[C@H](O)[C@@H]1O.C=P(C)(C)CC[C@H]1O[C@@H](c2c[nH]c(=S)[nH]c2=O)[C@H](O)[C@@H]1O.C=P(C)(C)CC[C@H]1O[C@@H](n2cc(C#CC)c(=O)[nH]c2=O)[C@H](O)[C@@H]1O.C=P(C)(C)CC[C@H]1O[C@@H](n2cc(CO)c(=O)[nH]c2=O)[C@H](O)[C@@H]1O.C=P(C)(C)CC[C@H]1O[C@@H](n2ccc(=O)[nH]c2=O)[C@H](OC)[C@@H]1O.C=P(C)(C)CC[C@H]1O[C@@H](n2ccc(=O)n(C)c2=O)[C@H](O)[C@@H]1O. The number of rotatable bonds is 26. The average Bonchev–Trinajstić information content (AvgIpc) is 1.68. The van der Waals surface area contributed by atoms with Gasteiger partial charge in [-0.3, -0.25) is 71.7 Å². The van der Waals surface area contributed by atoms with Gasteiger partial charge < -0.3 is 104 Å². The van der Waals surface area contributed by atoms with Crippen molar-refractivity contribution in [3.63, 3.8) is 0 Å². The predicted octanol–water partition coefficient (Wildman–Crippen LogP) is -1.06. The number of nitrogens with zero attached hydrogens (tertiary/aromatic N) is 5. The Balaban J connectivity index is 0.000000218. The van der Waals surface area contributed by atoms with Crippen molar-refractivity contribution in [1.82, 2.24) is 57.7 Å². The Kier molecular flexibility index (Phi) is 40.9. The lowest BCUT2D eigenvalue weighted by atomic mass is 10.0. The minimum Gasteiger partial charge on any atom is -0.391 e. The zero-order chi connectivity index (χ0) is 100. The summed E-state index contributed by atoms with van der Waals surface area (Å²) in [6, 6.07) is 2.46. The van der Waals surface area contributed by atoms with Gasteiger partial charge >= 0.3 is 28.4 Å². The lowest BCUT2D eigenvalue weighted by Crippen LogP contribution is -2.41. The summed E-state index contributed by atoms with van der Waals surface area (Å²) in [5.41, 5.74) is -4.92. The van der Waals surface area contributed by atoms with E-state index in [1.165, 1.54) is 61.8 Å². The fraction of sp³-hybridized carbons (Fsp3) is 0.619. The van der Waals surface area contributed by atoms with Crippen LogP contribution in [-0.2, 0) is 46.8 Å². The number of aromatic amines is 7. The number of methoxy groups -OCH3 is 1. The molecule has 12 rings (SSSR count). The third-order valence-corrected chi connectivity index (χ3v) is 31.7. The molecule has 0 spiro atoms. The summed E-state index contributed by atoms with van der Waals surface area (Å²) in [4.78, 5) is 133. The molecule has 133 heavy (non-hydrogen) atoms. The van der Waals surface area contributed by atoms with Gasteiger partial charge in [0.15, 0.2) is 29.7 Å². The molecular weight excluding hydrogens is 1890 g/mol. The van der Waals surface area contributed by atoms with Crippen LogP contribution < -0.4 is 56.2 Å². The van der Waals surface area contributed by atoms with Gasteiger partial charge in [0.2, 0.25) is 0 Å². The molecule has 0 amide bonds. The normalized spacial score (nSPS) is 28.7. The molecule has 0 unspecified atom stereocenters. The highest BCUT2D eigenvalue weighted by Gasteiger charge is 2.50. The topological polar surface area (TPSA) is 613 Å². The second kappa shape index (κ2) is 47.9. The van der Waals surface area contributed by atoms with Crippen LogP contribution in [0.1, 0.15) is 105 Å². The van der Waals surface area contributed by atoms with Gasteiger partial charge in [-0.05, 0) is 175 Å². The van der Waals surface area contributed by atoms with E-state index in [2.05, 4.69) is 165 Å². The molecule has 0 radical (unpaired) electrons. The molecule has 12 heterocycles. The quantitative estimate of drug-likeness (QED) is 0.0175. The van der Waals surface area contributed by atoms with E-state index in [1.54, 1.807) is 6.92 Å². The minimum atomic E-state index is -1.31. The molecule has 49 heteroatoms. The molecule has 6 aliphatic rings. The molecule has 6 fully saturated rings. The van der Waals surface area contributed by atoms with Crippen LogP contribution in [0.2, 0.25) is 0 Å². The van der Waals surface area contributed by atoms with E-state index in [9.17, 15) is 104 Å². The molecule has 41 nitrogen and oxygen atoms in total. The number of ether oxygens (including phenoxy) is 7. The summed E-state index contributed by atoms with van der Waals surface area (Å²) in [5, 5.41) is 121. The van der Waals surface area contributed by atoms with Crippen molar-refractivity contribution in [3.05, 3.63) is 185 Å². The van der Waals surface area contributed by atoms with E-state index >= 15 is 0 Å². The van der Waals surface area contributed by atoms with Crippen LogP contribution in [0.5, 0.6) is 0 Å². The molecule has 746 valence electrons. The Morgan fingerprint density at radius 3 is 1.17 bits per heavy atom. The van der Waals surface area contributed by atoms with Crippen molar-refractivity contribution < 1.29 is 94.4 Å². The maximum Gasteiger partial charge on any atom is 0.332 e. The summed E-state index contributed by atoms with van der Waals surface area (Å²) in [6.07, 6.45) is 19.6. The van der Waals surface area contributed by atoms with Crippen molar-refractivity contribution in [1.29, 1.82) is 0 Å². The van der Waals surface area contributed by atoms with E-state index in [1.807, 2.05) is 0 Å². The van der Waals surface area contributed by atoms with Gasteiger partial charge in [-0.25, -0.2) is 24.0 Å². The standard InChI is InChI=1S/C16H23N2O5P.C14H23N2O6P.2C14H23N2O5P.2C13H21N2O4PS/c1-5-6-10-9-18(16(22)17-14(10)21)15-13(20)12(19)11(23-15)7-8-24(2,3)4;1-23(2,3)5-4-9-10(18)11(19)13(22-9)16-6-8(7-17)12(20)15-14(16)21;1-20-12-11(18)9(6-8-22(2,3)4)21-13(12)16-7-5-10(17)15-14(16)19;1-15-10(17)5-7-16(14(15)20)13-12(19)11(18)9(21-13)6-8-22(2,3)4;1-20(2,3)5-4-8-9(16)10(17)11(19-8)7-6-14-13(18)15-12(7)21;1-20(2,3)5-4-8-9(16)10(17)11(19-8)7-6-14-13(21)15-12(7)18/h9,11-13,15,19-20H,2,7-8H2,1,3-4H3,(H,17,21,22);6,9-11,13,17-19H,1,4-5,7H2,2-3H3,(H,15,20,21);5,7,9,11-13,18H,2,6,8H2,1,3-4H3,(H,15,17,19);5,7,9,11-13,18-19H,2,6,8H2,1,3-4H3;2*6,8-11,16-17H,1,4-5H2,2-3H3,(H2,14,15,18,21)/t11-,12-,13-,15-;9-,10-,11-,13-;2*9-,11-,12-,13-;2*8-,9-,10-,11+/m111111/s1. The van der Waals surface area contributed by atoms with Crippen LogP contribution in [0.3, 0.4) is 0 Å². The van der Waals surface area contributed by atoms with Crippen LogP contribution in [0.25, 0.3) is 0 Å². The number of nitrogens with one attached hydrogen (secondary N) is 7. The van der Waals surface area contributed by atoms with Gasteiger partial charge in [-0.15, -0.1) is 85.0 Å². The molecule has 24 atom stereocenters. The molecule has 0 saturated carbocycles. The van der Waals surface area contributed by atoms with E-state index in [0.717, 1.165) is 61.4 Å². The maximum absolute atomic E-state index is 12.1. The maximum atomic E-state index is 12.1. The van der Waals surface area contributed by atoms with Gasteiger partial charge in [0.1, 0.15) is 95.7 Å². The van der Waals surface area contributed by atoms with Crippen LogP contribution >= 0.6 is 65.8 Å². The Labute approximate surface area is 778 Å². The number of hydrogen-bond acceptors (Lipinski definition) is 31. The summed E-state index contributed by atoms with van der Waals surface area (Å²) in [5.74, 6) is 5.18. The highest BCUT2D eigenvalue weighted by molar-refractivity contribution is 7.74. The van der Waals surface area contributed by atoms with Crippen LogP contribution in [0, 0.1) is 21.3 Å². The van der Waals surface area contributed by atoms with E-state index < -0.39 is 251 Å². The van der Waals surface area contributed by atoms with E-state index in [4.69, 9.17) is 62.7 Å². The van der Waals surface area contributed by atoms with Crippen molar-refractivity contribution in [3.8, 4) is 11.8 Å². The molecule has 6 aromatic heterocycles. The highest BCUT2D eigenvalue weighted by Crippen LogP contribution is 2.46. The number of aromatic nitrogens is 12. The molecule has 19 N–H and O–H groups in total. The number of aliphatic hydroxyl groups is 12. The first-order valence-corrected chi connectivity index (χ1v) is 61.6. The smallest absolute Gasteiger partial charge is 0.332 e. The molecule has 6 aromatic rings. The Morgan fingerprint density at radius 2 is 0.782 bits per heavy atom. The van der Waals surface area contributed by atoms with Gasteiger partial charge in [0.05, 0.1) is 54.4 Å². The average molecular weight is 2030 g/mol. The lowest BCUT2D eigenvalue weighted by Gasteiger charge is -2.20. The second-order valence-corrected chi connectivity index (χ2v) is 64.5. The minimum absolute atomic E-state index is 0.0249.